The fourth-order valence-corrected chi connectivity index (χ4v) is 2.77. The number of nitrogens with one attached hydrogen (secondary N) is 1. The molecule has 7 heteroatoms. The van der Waals surface area contributed by atoms with Crippen LogP contribution < -0.4 is 9.62 Å². The van der Waals surface area contributed by atoms with E-state index in [1.165, 1.54) is 4.31 Å². The molecule has 1 aromatic rings. The van der Waals surface area contributed by atoms with Gasteiger partial charge in [0.2, 0.25) is 15.9 Å². The van der Waals surface area contributed by atoms with Crippen molar-refractivity contribution in [3.63, 3.8) is 0 Å². The third-order valence-corrected chi connectivity index (χ3v) is 4.44. The minimum Gasteiger partial charge on any atom is -0.354 e. The van der Waals surface area contributed by atoms with Gasteiger partial charge in [0.05, 0.1) is 23.6 Å². The molecule has 0 aromatic heterocycles. The fourth-order valence-electron chi connectivity index (χ4n) is 1.84. The Kier molecular flexibility index (Phi) is 6.38. The van der Waals surface area contributed by atoms with Gasteiger partial charge in [-0.25, -0.2) is 8.42 Å². The molecule has 0 heterocycles. The largest absolute Gasteiger partial charge is 0.354 e. The van der Waals surface area contributed by atoms with Gasteiger partial charge in [-0.2, -0.15) is 5.26 Å². The summed E-state index contributed by atoms with van der Waals surface area (Å²) in [6, 6.07) is 8.26. The lowest BCUT2D eigenvalue weighted by Crippen LogP contribution is -2.37. The van der Waals surface area contributed by atoms with Gasteiger partial charge in [0.15, 0.2) is 0 Å². The average molecular weight is 323 g/mol. The zero-order valence-corrected chi connectivity index (χ0v) is 13.9. The minimum absolute atomic E-state index is 0.0625. The molecule has 1 amide bonds. The fraction of sp³-hybridized carbons (Fsp3) is 0.467. The van der Waals surface area contributed by atoms with Gasteiger partial charge in [-0.05, 0) is 37.6 Å². The van der Waals surface area contributed by atoms with E-state index < -0.39 is 10.0 Å². The predicted octanol–water partition coefficient (Wildman–Crippen LogP) is 1.63. The van der Waals surface area contributed by atoms with E-state index in [-0.39, 0.29) is 24.9 Å². The number of carbonyl (C=O) groups excluding carboxylic acids is 1. The maximum Gasteiger partial charge on any atom is 0.232 e. The van der Waals surface area contributed by atoms with Gasteiger partial charge in [-0.3, -0.25) is 9.10 Å². The molecule has 1 rings (SSSR count). The Morgan fingerprint density at radius 1 is 1.36 bits per heavy atom. The molecule has 1 aromatic carbocycles. The summed E-state index contributed by atoms with van der Waals surface area (Å²) in [4.78, 5) is 11.8. The molecule has 0 radical (unpaired) electrons. The van der Waals surface area contributed by atoms with Crippen molar-refractivity contribution in [2.24, 2.45) is 0 Å². The van der Waals surface area contributed by atoms with Gasteiger partial charge < -0.3 is 5.32 Å². The first-order chi connectivity index (χ1) is 10.3. The third kappa shape index (κ3) is 5.37. The highest BCUT2D eigenvalue weighted by Crippen LogP contribution is 2.18. The molecule has 0 aliphatic rings. The predicted molar refractivity (Wildman–Crippen MR) is 85.9 cm³/mol. The van der Waals surface area contributed by atoms with Crippen LogP contribution in [0.2, 0.25) is 0 Å². The summed E-state index contributed by atoms with van der Waals surface area (Å²) in [5, 5.41) is 11.6. The number of anilines is 1. The quantitative estimate of drug-likeness (QED) is 0.825. The summed E-state index contributed by atoms with van der Waals surface area (Å²) in [6.45, 7) is 3.92. The second-order valence-electron chi connectivity index (χ2n) is 5.12. The summed E-state index contributed by atoms with van der Waals surface area (Å²) in [7, 11) is -3.50. The minimum atomic E-state index is -3.50. The summed E-state index contributed by atoms with van der Waals surface area (Å²) < 4.78 is 25.0. The maximum atomic E-state index is 11.9. The van der Waals surface area contributed by atoms with Crippen LogP contribution in [0.15, 0.2) is 24.3 Å². The molecule has 22 heavy (non-hydrogen) atoms. The average Bonchev–Trinajstić information content (AvgIpc) is 2.46. The summed E-state index contributed by atoms with van der Waals surface area (Å²) >= 11 is 0. The van der Waals surface area contributed by atoms with E-state index in [1.54, 1.807) is 24.3 Å². The van der Waals surface area contributed by atoms with Crippen molar-refractivity contribution in [1.29, 1.82) is 5.26 Å². The van der Waals surface area contributed by atoms with Crippen LogP contribution in [0, 0.1) is 11.3 Å². The Balaban J connectivity index is 2.82. The van der Waals surface area contributed by atoms with Crippen LogP contribution >= 0.6 is 0 Å². The van der Waals surface area contributed by atoms with Crippen LogP contribution in [-0.2, 0) is 14.8 Å². The standard InChI is InChI=1S/C15H21N3O3S/c1-4-12(2)17-15(19)9-10-18(22(3,20)21)14-7-5-13(11-16)6-8-14/h5-8,12H,4,9-10H2,1-3H3,(H,17,19). The van der Waals surface area contributed by atoms with E-state index in [0.717, 1.165) is 12.7 Å². The van der Waals surface area contributed by atoms with Crippen LogP contribution in [0.4, 0.5) is 5.69 Å². The van der Waals surface area contributed by atoms with E-state index in [2.05, 4.69) is 5.32 Å². The molecule has 0 aliphatic heterocycles. The van der Waals surface area contributed by atoms with Crippen molar-refractivity contribution < 1.29 is 13.2 Å². The molecule has 0 aliphatic carbocycles. The third-order valence-electron chi connectivity index (χ3n) is 3.25. The van der Waals surface area contributed by atoms with Gasteiger partial charge in [0.25, 0.3) is 0 Å². The monoisotopic (exact) mass is 323 g/mol. The molecule has 0 spiro atoms. The molecule has 0 fully saturated rings. The van der Waals surface area contributed by atoms with Crippen molar-refractivity contribution in [2.75, 3.05) is 17.1 Å². The molecule has 0 saturated heterocycles. The first kappa shape index (κ1) is 18.0. The number of nitrogens with zero attached hydrogens (tertiary/aromatic N) is 2. The molecule has 1 atom stereocenters. The van der Waals surface area contributed by atoms with Crippen LogP contribution in [0.5, 0.6) is 0 Å². The SMILES string of the molecule is CCC(C)NC(=O)CCN(c1ccc(C#N)cc1)S(C)(=O)=O. The van der Waals surface area contributed by atoms with Crippen molar-refractivity contribution in [3.05, 3.63) is 29.8 Å². The smallest absolute Gasteiger partial charge is 0.232 e. The van der Waals surface area contributed by atoms with Gasteiger partial charge in [-0.1, -0.05) is 6.92 Å². The van der Waals surface area contributed by atoms with Gasteiger partial charge in [0, 0.05) is 19.0 Å². The number of nitriles is 1. The summed E-state index contributed by atoms with van der Waals surface area (Å²) in [5.74, 6) is -0.184. The summed E-state index contributed by atoms with van der Waals surface area (Å²) in [5.41, 5.74) is 0.893. The van der Waals surface area contributed by atoms with Gasteiger partial charge in [-0.15, -0.1) is 0 Å². The Bertz CT molecular complexity index is 648. The lowest BCUT2D eigenvalue weighted by molar-refractivity contribution is -0.121. The maximum absolute atomic E-state index is 11.9. The second kappa shape index (κ2) is 7.80. The zero-order chi connectivity index (χ0) is 16.8. The van der Waals surface area contributed by atoms with E-state index in [0.29, 0.717) is 11.3 Å². The highest BCUT2D eigenvalue weighted by atomic mass is 32.2. The summed E-state index contributed by atoms with van der Waals surface area (Å²) in [6.07, 6.45) is 1.99. The highest BCUT2D eigenvalue weighted by Gasteiger charge is 2.19. The van der Waals surface area contributed by atoms with Crippen molar-refractivity contribution in [3.8, 4) is 6.07 Å². The molecule has 6 nitrogen and oxygen atoms in total. The first-order valence-electron chi connectivity index (χ1n) is 7.05. The van der Waals surface area contributed by atoms with E-state index >= 15 is 0 Å². The van der Waals surface area contributed by atoms with Crippen LogP contribution in [-0.4, -0.2) is 33.2 Å². The Hall–Kier alpha value is -2.07. The van der Waals surface area contributed by atoms with E-state index in [9.17, 15) is 13.2 Å². The van der Waals surface area contributed by atoms with Crippen molar-refractivity contribution >= 4 is 21.6 Å². The number of sulfonamides is 1. The topological polar surface area (TPSA) is 90.3 Å². The number of amides is 1. The van der Waals surface area contributed by atoms with E-state index in [1.807, 2.05) is 19.9 Å². The molecular weight excluding hydrogens is 302 g/mol. The van der Waals surface area contributed by atoms with Crippen molar-refractivity contribution in [2.45, 2.75) is 32.7 Å². The van der Waals surface area contributed by atoms with Crippen LogP contribution in [0.1, 0.15) is 32.3 Å². The molecule has 1 unspecified atom stereocenters. The first-order valence-corrected chi connectivity index (χ1v) is 8.90. The Morgan fingerprint density at radius 3 is 2.41 bits per heavy atom. The Morgan fingerprint density at radius 2 is 1.95 bits per heavy atom. The van der Waals surface area contributed by atoms with Gasteiger partial charge >= 0.3 is 0 Å². The molecule has 1 N–H and O–H groups in total. The van der Waals surface area contributed by atoms with Crippen molar-refractivity contribution in [1.82, 2.24) is 5.32 Å². The zero-order valence-electron chi connectivity index (χ0n) is 13.0. The molecule has 0 bridgehead atoms. The normalized spacial score (nSPS) is 12.3. The number of hydrogen-bond acceptors (Lipinski definition) is 4. The molecule has 0 saturated carbocycles. The van der Waals surface area contributed by atoms with Gasteiger partial charge in [0.1, 0.15) is 0 Å². The van der Waals surface area contributed by atoms with Crippen LogP contribution in [0.3, 0.4) is 0 Å². The van der Waals surface area contributed by atoms with Crippen LogP contribution in [0.25, 0.3) is 0 Å². The highest BCUT2D eigenvalue weighted by molar-refractivity contribution is 7.92. The van der Waals surface area contributed by atoms with E-state index in [4.69, 9.17) is 5.26 Å². The number of carbonyl (C=O) groups is 1. The molecule has 120 valence electrons. The number of rotatable bonds is 7. The number of hydrogen-bond donors (Lipinski definition) is 1. The lowest BCUT2D eigenvalue weighted by Gasteiger charge is -2.22. The molecular formula is C15H21N3O3S. The second-order valence-corrected chi connectivity index (χ2v) is 7.03. The number of benzene rings is 1. The Labute approximate surface area is 131 Å². The lowest BCUT2D eigenvalue weighted by atomic mass is 10.2.